The van der Waals surface area contributed by atoms with Crippen LogP contribution in [0, 0.1) is 5.41 Å². The molecule has 1 unspecified atom stereocenters. The van der Waals surface area contributed by atoms with Gasteiger partial charge in [0, 0.05) is 44.8 Å². The molecule has 0 bridgehead atoms. The Morgan fingerprint density at radius 3 is 2.47 bits per heavy atom. The topological polar surface area (TPSA) is 76.0 Å². The van der Waals surface area contributed by atoms with Crippen molar-refractivity contribution in [3.8, 4) is 0 Å². The van der Waals surface area contributed by atoms with Crippen molar-refractivity contribution in [2.24, 2.45) is 5.41 Å². The van der Waals surface area contributed by atoms with Gasteiger partial charge in [0.05, 0.1) is 5.41 Å². The second kappa shape index (κ2) is 8.95. The molecule has 2 spiro atoms. The monoisotopic (exact) mass is 419 g/mol. The number of carbonyl (C=O) groups is 1. The Morgan fingerprint density at radius 1 is 1.20 bits per heavy atom. The smallest absolute Gasteiger partial charge is 0.235 e. The largest absolute Gasteiger partial charge is 0.397 e. The van der Waals surface area contributed by atoms with Crippen LogP contribution < -0.4 is 5.32 Å². The molecule has 6 nitrogen and oxygen atoms in total. The highest BCUT2D eigenvalue weighted by molar-refractivity contribution is 6.06. The van der Waals surface area contributed by atoms with Crippen LogP contribution in [-0.2, 0) is 10.2 Å². The second-order valence-corrected chi connectivity index (χ2v) is 9.39. The Hall–Kier alpha value is -1.47. The quantitative estimate of drug-likeness (QED) is 0.687. The molecule has 0 radical (unpaired) electrons. The van der Waals surface area contributed by atoms with E-state index in [4.69, 9.17) is 5.11 Å². The van der Waals surface area contributed by atoms with Gasteiger partial charge in [-0.25, -0.2) is 0 Å². The molecule has 0 aromatic heterocycles. The normalized spacial score (nSPS) is 30.7. The molecule has 3 N–H and O–H groups in total. The molecule has 3 heterocycles. The maximum Gasteiger partial charge on any atom is 0.235 e. The van der Waals surface area contributed by atoms with E-state index in [1.165, 1.54) is 18.5 Å². The lowest BCUT2D eigenvalue weighted by atomic mass is 9.68. The number of aliphatic hydroxyl groups is 2. The van der Waals surface area contributed by atoms with E-state index in [0.29, 0.717) is 11.5 Å². The van der Waals surface area contributed by atoms with E-state index in [9.17, 15) is 9.90 Å². The minimum atomic E-state index is -0.315. The lowest BCUT2D eigenvalue weighted by Gasteiger charge is -2.50. The first-order chi connectivity index (χ1) is 13.9. The summed E-state index contributed by atoms with van der Waals surface area (Å²) in [7, 11) is 0. The van der Waals surface area contributed by atoms with Crippen LogP contribution in [-0.4, -0.2) is 71.0 Å². The van der Waals surface area contributed by atoms with E-state index in [1.54, 1.807) is 6.92 Å². The number of likely N-dealkylation sites (tertiary alicyclic amines) is 2. The minimum absolute atomic E-state index is 0. The average Bonchev–Trinajstić information content (AvgIpc) is 3.23. The van der Waals surface area contributed by atoms with Crippen molar-refractivity contribution < 1.29 is 16.4 Å². The number of nitrogens with zero attached hydrogens (tertiary/aromatic N) is 2. The average molecular weight is 420 g/mol. The van der Waals surface area contributed by atoms with Crippen molar-refractivity contribution in [3.05, 3.63) is 29.8 Å². The molecular formula is C24H41N3O3. The summed E-state index contributed by atoms with van der Waals surface area (Å²) in [4.78, 5) is 17.6. The number of nitrogens with one attached hydrogen (secondary N) is 1. The van der Waals surface area contributed by atoms with Gasteiger partial charge in [-0.15, -0.1) is 0 Å². The fraction of sp³-hybridized carbons (Fsp3) is 0.708. The van der Waals surface area contributed by atoms with Gasteiger partial charge in [0.1, 0.15) is 6.23 Å². The van der Waals surface area contributed by atoms with Gasteiger partial charge < -0.3 is 15.5 Å². The van der Waals surface area contributed by atoms with Gasteiger partial charge in [-0.05, 0) is 64.1 Å². The molecule has 4 aliphatic rings. The molecule has 1 aromatic rings. The number of benzene rings is 1. The number of carbonyl (C=O) groups excluding carboxylic acids is 1. The van der Waals surface area contributed by atoms with Gasteiger partial charge >= 0.3 is 0 Å². The Kier molecular flexibility index (Phi) is 6.92. The zero-order valence-corrected chi connectivity index (χ0v) is 17.7. The molecule has 1 atom stereocenters. The van der Waals surface area contributed by atoms with Gasteiger partial charge in [-0.1, -0.05) is 25.6 Å². The summed E-state index contributed by atoms with van der Waals surface area (Å²) >= 11 is 0. The third kappa shape index (κ3) is 3.91. The molecule has 6 heteroatoms. The van der Waals surface area contributed by atoms with Crippen LogP contribution in [0.15, 0.2) is 24.3 Å². The fourth-order valence-corrected chi connectivity index (χ4v) is 5.95. The fourth-order valence-electron chi connectivity index (χ4n) is 5.95. The number of rotatable bonds is 2. The van der Waals surface area contributed by atoms with Crippen LogP contribution in [0.5, 0.6) is 0 Å². The van der Waals surface area contributed by atoms with E-state index in [2.05, 4.69) is 27.2 Å². The van der Waals surface area contributed by atoms with Gasteiger partial charge in [0.25, 0.3) is 0 Å². The Bertz CT molecular complexity index is 743. The summed E-state index contributed by atoms with van der Waals surface area (Å²) in [6.45, 7) is 8.20. The van der Waals surface area contributed by atoms with Crippen molar-refractivity contribution in [2.75, 3.05) is 38.1 Å². The number of hydrogen-bond acceptors (Lipinski definition) is 5. The Labute approximate surface area is 182 Å². The first-order valence-corrected chi connectivity index (χ1v) is 11.1. The minimum Gasteiger partial charge on any atom is -0.397 e. The standard InChI is InChI=1S/C21H29N3O2.C2H6O.CH4.H2/c1-15(25)24-13-20(14-24)10-11-23(12-20)16-6-8-21(9-7-16)17-4-2-3-5-18(17)22-19(21)26;1-2-3;;/h2-5,15-16,25H,6-14H2,1H3,(H,22,26);3H,2H2,1H3;1H4;1H. The molecule has 1 aromatic carbocycles. The number of hydrogen-bond donors (Lipinski definition) is 3. The number of anilines is 1. The van der Waals surface area contributed by atoms with Crippen LogP contribution in [0.3, 0.4) is 0 Å². The predicted molar refractivity (Wildman–Crippen MR) is 122 cm³/mol. The van der Waals surface area contributed by atoms with Gasteiger partial charge in [0.15, 0.2) is 0 Å². The van der Waals surface area contributed by atoms with Gasteiger partial charge in [-0.3, -0.25) is 14.6 Å². The van der Waals surface area contributed by atoms with E-state index in [1.807, 2.05) is 19.1 Å². The van der Waals surface area contributed by atoms with Crippen molar-refractivity contribution >= 4 is 11.6 Å². The highest BCUT2D eigenvalue weighted by atomic mass is 16.3. The lowest BCUT2D eigenvalue weighted by Crippen LogP contribution is -2.60. The highest BCUT2D eigenvalue weighted by Crippen LogP contribution is 2.49. The summed E-state index contributed by atoms with van der Waals surface area (Å²) in [6.07, 6.45) is 5.08. The molecular weight excluding hydrogens is 378 g/mol. The van der Waals surface area contributed by atoms with E-state index >= 15 is 0 Å². The van der Waals surface area contributed by atoms with E-state index in [0.717, 1.165) is 51.0 Å². The molecule has 2 saturated heterocycles. The first-order valence-electron chi connectivity index (χ1n) is 11.1. The summed E-state index contributed by atoms with van der Waals surface area (Å²) in [5.41, 5.74) is 2.35. The highest BCUT2D eigenvalue weighted by Gasteiger charge is 2.52. The maximum atomic E-state index is 12.7. The molecule has 5 rings (SSSR count). The molecule has 1 saturated carbocycles. The predicted octanol–water partition coefficient (Wildman–Crippen LogP) is 3.05. The van der Waals surface area contributed by atoms with Crippen LogP contribution in [0.1, 0.15) is 60.4 Å². The summed E-state index contributed by atoms with van der Waals surface area (Å²) in [5.74, 6) is 0.210. The van der Waals surface area contributed by atoms with Crippen LogP contribution in [0.4, 0.5) is 5.69 Å². The van der Waals surface area contributed by atoms with Crippen molar-refractivity contribution in [1.29, 1.82) is 0 Å². The molecule has 170 valence electrons. The SMILES string of the molecule is C.CC(O)N1CC2(CCN(C3CCC4(CC3)C(=O)Nc3ccccc34)C2)C1.CCO.[HH]. The van der Waals surface area contributed by atoms with Gasteiger partial charge in [-0.2, -0.15) is 0 Å². The van der Waals surface area contributed by atoms with Crippen LogP contribution >= 0.6 is 0 Å². The second-order valence-electron chi connectivity index (χ2n) is 9.39. The van der Waals surface area contributed by atoms with E-state index in [-0.39, 0.29) is 33.0 Å². The summed E-state index contributed by atoms with van der Waals surface area (Å²) in [6, 6.07) is 8.84. The van der Waals surface area contributed by atoms with Gasteiger partial charge in [0.2, 0.25) is 5.91 Å². The Morgan fingerprint density at radius 2 is 1.83 bits per heavy atom. The summed E-state index contributed by atoms with van der Waals surface area (Å²) < 4.78 is 0. The van der Waals surface area contributed by atoms with Crippen LogP contribution in [0.25, 0.3) is 0 Å². The number of fused-ring (bicyclic) bond motifs is 2. The summed E-state index contributed by atoms with van der Waals surface area (Å²) in [5, 5.41) is 20.4. The molecule has 30 heavy (non-hydrogen) atoms. The molecule has 3 aliphatic heterocycles. The number of amides is 1. The van der Waals surface area contributed by atoms with E-state index < -0.39 is 0 Å². The molecule has 1 amide bonds. The Balaban J connectivity index is 0.000000648. The third-order valence-electron chi connectivity index (χ3n) is 7.52. The lowest BCUT2D eigenvalue weighted by molar-refractivity contribution is -0.122. The maximum absolute atomic E-state index is 12.7. The zero-order valence-electron chi connectivity index (χ0n) is 17.7. The first kappa shape index (κ1) is 23.2. The number of aliphatic hydroxyl groups excluding tert-OH is 2. The molecule has 3 fully saturated rings. The molecule has 1 aliphatic carbocycles. The van der Waals surface area contributed by atoms with Crippen molar-refractivity contribution in [3.63, 3.8) is 0 Å². The third-order valence-corrected chi connectivity index (χ3v) is 7.52. The van der Waals surface area contributed by atoms with Crippen molar-refractivity contribution in [1.82, 2.24) is 9.80 Å². The van der Waals surface area contributed by atoms with Crippen molar-refractivity contribution in [2.45, 2.75) is 71.1 Å². The number of para-hydroxylation sites is 1. The van der Waals surface area contributed by atoms with Crippen LogP contribution in [0.2, 0.25) is 0 Å². The zero-order chi connectivity index (χ0) is 20.6.